The molecule has 1 atom stereocenters. The van der Waals surface area contributed by atoms with Gasteiger partial charge in [0.05, 0.1) is 11.6 Å². The lowest BCUT2D eigenvalue weighted by Crippen LogP contribution is -2.43. The van der Waals surface area contributed by atoms with Crippen LogP contribution in [-0.2, 0) is 11.3 Å². The van der Waals surface area contributed by atoms with Crippen LogP contribution < -0.4 is 15.8 Å². The second-order valence-corrected chi connectivity index (χ2v) is 7.85. The lowest BCUT2D eigenvalue weighted by atomic mass is 9.97. The van der Waals surface area contributed by atoms with E-state index in [4.69, 9.17) is 0 Å². The first-order valence-electron chi connectivity index (χ1n) is 10.4. The fraction of sp³-hybridized carbons (Fsp3) is 0.292. The number of nitrogens with zero attached hydrogens (tertiary/aromatic N) is 3. The highest BCUT2D eigenvalue weighted by Gasteiger charge is 2.27. The zero-order valence-corrected chi connectivity index (χ0v) is 17.4. The maximum absolute atomic E-state index is 13.6. The van der Waals surface area contributed by atoms with Crippen LogP contribution in [0.15, 0.2) is 65.5 Å². The third-order valence-electron chi connectivity index (χ3n) is 5.67. The fourth-order valence-electron chi connectivity index (χ4n) is 3.90. The van der Waals surface area contributed by atoms with Crippen LogP contribution in [0, 0.1) is 18.7 Å². The summed E-state index contributed by atoms with van der Waals surface area (Å²) < 4.78 is 14.8. The molecule has 2 aromatic carbocycles. The molecule has 1 aliphatic heterocycles. The van der Waals surface area contributed by atoms with Crippen LogP contribution >= 0.6 is 0 Å². The van der Waals surface area contributed by atoms with Crippen LogP contribution in [0.25, 0.3) is 5.69 Å². The average molecular weight is 420 g/mol. The van der Waals surface area contributed by atoms with Crippen LogP contribution in [0.1, 0.15) is 24.0 Å². The van der Waals surface area contributed by atoms with Gasteiger partial charge in [0.15, 0.2) is 0 Å². The maximum atomic E-state index is 13.6. The van der Waals surface area contributed by atoms with Crippen molar-refractivity contribution in [2.45, 2.75) is 26.3 Å². The number of hydrogen-bond acceptors (Lipinski definition) is 4. The Bertz CT molecular complexity index is 1140. The van der Waals surface area contributed by atoms with E-state index in [1.54, 1.807) is 18.2 Å². The smallest absolute Gasteiger partial charge is 0.271 e. The van der Waals surface area contributed by atoms with Crippen molar-refractivity contribution in [3.05, 3.63) is 88.0 Å². The number of carbonyl (C=O) groups is 1. The molecule has 1 N–H and O–H groups in total. The molecule has 0 saturated carbocycles. The second kappa shape index (κ2) is 9.12. The van der Waals surface area contributed by atoms with Gasteiger partial charge in [-0.15, -0.1) is 5.10 Å². The van der Waals surface area contributed by atoms with E-state index in [2.05, 4.69) is 10.4 Å². The molecule has 3 aromatic rings. The summed E-state index contributed by atoms with van der Waals surface area (Å²) in [5, 5.41) is 7.49. The lowest BCUT2D eigenvalue weighted by molar-refractivity contribution is -0.125. The number of hydrogen-bond donors (Lipinski definition) is 1. The predicted octanol–water partition coefficient (Wildman–Crippen LogP) is 3.21. The van der Waals surface area contributed by atoms with Crippen LogP contribution in [0.2, 0.25) is 0 Å². The summed E-state index contributed by atoms with van der Waals surface area (Å²) in [4.78, 5) is 27.1. The van der Waals surface area contributed by atoms with E-state index in [1.165, 1.54) is 22.9 Å². The van der Waals surface area contributed by atoms with E-state index in [9.17, 15) is 14.0 Å². The van der Waals surface area contributed by atoms with Crippen molar-refractivity contribution in [3.8, 4) is 5.69 Å². The molecule has 0 unspecified atom stereocenters. The molecular weight excluding hydrogens is 395 g/mol. The molecule has 0 spiro atoms. The largest absolute Gasteiger partial charge is 0.354 e. The van der Waals surface area contributed by atoms with Crippen molar-refractivity contribution in [3.63, 3.8) is 0 Å². The Morgan fingerprint density at radius 2 is 2.00 bits per heavy atom. The molecule has 0 bridgehead atoms. The number of nitrogens with one attached hydrogen (secondary N) is 1. The summed E-state index contributed by atoms with van der Waals surface area (Å²) >= 11 is 0. The molecule has 31 heavy (non-hydrogen) atoms. The van der Waals surface area contributed by atoms with E-state index < -0.39 is 5.82 Å². The number of carbonyl (C=O) groups excluding carboxylic acids is 1. The minimum Gasteiger partial charge on any atom is -0.354 e. The summed E-state index contributed by atoms with van der Waals surface area (Å²) in [6.45, 7) is 3.80. The van der Waals surface area contributed by atoms with Crippen molar-refractivity contribution in [1.82, 2.24) is 15.1 Å². The second-order valence-electron chi connectivity index (χ2n) is 7.85. The summed E-state index contributed by atoms with van der Waals surface area (Å²) in [6.07, 6.45) is 1.66. The Balaban J connectivity index is 1.47. The van der Waals surface area contributed by atoms with Gasteiger partial charge in [-0.2, -0.15) is 4.68 Å². The predicted molar refractivity (Wildman–Crippen MR) is 118 cm³/mol. The Morgan fingerprint density at radius 1 is 1.16 bits per heavy atom. The number of rotatable bonds is 5. The standard InChI is InChI=1S/C24H25FN4O2/c1-17-6-2-3-7-18(17)15-26-24(31)19-8-5-13-28(16-19)22-11-12-23(30)29(27-22)21-10-4-9-20(25)14-21/h2-4,6-7,9-12,14,19H,5,8,13,15-16H2,1H3,(H,26,31)/t19-/m0/s1. The minimum absolute atomic E-state index is 0.0198. The van der Waals surface area contributed by atoms with Crippen molar-refractivity contribution in [1.29, 1.82) is 0 Å². The highest BCUT2D eigenvalue weighted by molar-refractivity contribution is 5.79. The fourth-order valence-corrected chi connectivity index (χ4v) is 3.90. The molecule has 160 valence electrons. The third-order valence-corrected chi connectivity index (χ3v) is 5.67. The van der Waals surface area contributed by atoms with Gasteiger partial charge >= 0.3 is 0 Å². The zero-order chi connectivity index (χ0) is 21.8. The van der Waals surface area contributed by atoms with Crippen LogP contribution in [0.5, 0.6) is 0 Å². The highest BCUT2D eigenvalue weighted by atomic mass is 19.1. The van der Waals surface area contributed by atoms with Gasteiger partial charge in [0.2, 0.25) is 5.91 Å². The molecule has 4 rings (SSSR count). The molecule has 7 heteroatoms. The first-order valence-corrected chi connectivity index (χ1v) is 10.4. The molecule has 1 fully saturated rings. The van der Waals surface area contributed by atoms with E-state index in [-0.39, 0.29) is 17.4 Å². The van der Waals surface area contributed by atoms with Gasteiger partial charge in [0.25, 0.3) is 5.56 Å². The van der Waals surface area contributed by atoms with E-state index >= 15 is 0 Å². The monoisotopic (exact) mass is 420 g/mol. The number of aryl methyl sites for hydroxylation is 1. The third kappa shape index (κ3) is 4.82. The molecule has 1 aromatic heterocycles. The molecule has 2 heterocycles. The number of halogens is 1. The molecule has 0 radical (unpaired) electrons. The van der Waals surface area contributed by atoms with Gasteiger partial charge in [-0.1, -0.05) is 30.3 Å². The Kier molecular flexibility index (Phi) is 6.11. The van der Waals surface area contributed by atoms with Crippen molar-refractivity contribution in [2.24, 2.45) is 5.92 Å². The van der Waals surface area contributed by atoms with Crippen LogP contribution in [-0.4, -0.2) is 28.8 Å². The zero-order valence-electron chi connectivity index (χ0n) is 17.4. The van der Waals surface area contributed by atoms with Crippen molar-refractivity contribution >= 4 is 11.7 Å². The summed E-state index contributed by atoms with van der Waals surface area (Å²) in [6, 6.07) is 16.9. The first-order chi connectivity index (χ1) is 15.0. The van der Waals surface area contributed by atoms with Gasteiger partial charge in [-0.3, -0.25) is 9.59 Å². The molecule has 0 aliphatic carbocycles. The molecule has 1 aliphatic rings. The highest BCUT2D eigenvalue weighted by Crippen LogP contribution is 2.22. The Morgan fingerprint density at radius 3 is 2.81 bits per heavy atom. The topological polar surface area (TPSA) is 67.2 Å². The van der Waals surface area contributed by atoms with Gasteiger partial charge in [0, 0.05) is 25.7 Å². The average Bonchev–Trinajstić information content (AvgIpc) is 2.79. The van der Waals surface area contributed by atoms with E-state index in [0.29, 0.717) is 24.6 Å². The number of piperidine rings is 1. The number of aromatic nitrogens is 2. The summed E-state index contributed by atoms with van der Waals surface area (Å²) in [5.74, 6) is 0.0285. The molecular formula is C24H25FN4O2. The van der Waals surface area contributed by atoms with Crippen LogP contribution in [0.3, 0.4) is 0 Å². The van der Waals surface area contributed by atoms with E-state index in [0.717, 1.165) is 30.5 Å². The quantitative estimate of drug-likeness (QED) is 0.688. The Labute approximate surface area is 180 Å². The van der Waals surface area contributed by atoms with Gasteiger partial charge in [0.1, 0.15) is 11.6 Å². The summed E-state index contributed by atoms with van der Waals surface area (Å²) in [5.41, 5.74) is 2.29. The minimum atomic E-state index is -0.431. The number of benzene rings is 2. The number of anilines is 1. The van der Waals surface area contributed by atoms with E-state index in [1.807, 2.05) is 36.1 Å². The first kappa shape index (κ1) is 20.8. The SMILES string of the molecule is Cc1ccccc1CNC(=O)[C@H]1CCCN(c2ccc(=O)n(-c3cccc(F)c3)n2)C1. The molecule has 1 saturated heterocycles. The van der Waals surface area contributed by atoms with Crippen LogP contribution in [0.4, 0.5) is 10.2 Å². The summed E-state index contributed by atoms with van der Waals surface area (Å²) in [7, 11) is 0. The molecule has 1 amide bonds. The maximum Gasteiger partial charge on any atom is 0.271 e. The van der Waals surface area contributed by atoms with Gasteiger partial charge in [-0.25, -0.2) is 4.39 Å². The van der Waals surface area contributed by atoms with Crippen molar-refractivity contribution < 1.29 is 9.18 Å². The molecule has 6 nitrogen and oxygen atoms in total. The lowest BCUT2D eigenvalue weighted by Gasteiger charge is -2.33. The van der Waals surface area contributed by atoms with Crippen molar-refractivity contribution in [2.75, 3.05) is 18.0 Å². The van der Waals surface area contributed by atoms with Gasteiger partial charge in [-0.05, 0) is 55.2 Å². The van der Waals surface area contributed by atoms with Gasteiger partial charge < -0.3 is 10.2 Å². The normalized spacial score (nSPS) is 16.2. The Hall–Kier alpha value is -3.48. The number of amides is 1.